The summed E-state index contributed by atoms with van der Waals surface area (Å²) in [6.07, 6.45) is 0. The minimum absolute atomic E-state index is 0.0734. The first-order chi connectivity index (χ1) is 11.2. The molecule has 2 rings (SSSR count). The lowest BCUT2D eigenvalue weighted by Gasteiger charge is -2.14. The number of para-hydroxylation sites is 2. The zero-order chi connectivity index (χ0) is 16.5. The highest BCUT2D eigenvalue weighted by molar-refractivity contribution is 5.77. The minimum Gasteiger partial charge on any atom is -0.485 e. The van der Waals surface area contributed by atoms with Crippen molar-refractivity contribution in [2.24, 2.45) is 5.73 Å². The molecule has 0 bridgehead atoms. The zero-order valence-electron chi connectivity index (χ0n) is 13.2. The predicted octanol–water partition coefficient (Wildman–Crippen LogP) is 2.11. The van der Waals surface area contributed by atoms with E-state index in [9.17, 15) is 4.79 Å². The summed E-state index contributed by atoms with van der Waals surface area (Å²) in [6.45, 7) is 2.60. The highest BCUT2D eigenvalue weighted by Crippen LogP contribution is 2.27. The fraction of sp³-hybridized carbons (Fsp3) is 0.278. The lowest BCUT2D eigenvalue weighted by molar-refractivity contribution is -0.123. The van der Waals surface area contributed by atoms with Crippen LogP contribution in [0, 0.1) is 0 Å². The van der Waals surface area contributed by atoms with Crippen molar-refractivity contribution in [2.75, 3.05) is 13.2 Å². The van der Waals surface area contributed by atoms with Gasteiger partial charge in [0.05, 0.1) is 0 Å². The van der Waals surface area contributed by atoms with Crippen LogP contribution in [0.25, 0.3) is 0 Å². The fourth-order valence-electron chi connectivity index (χ4n) is 1.94. The molecule has 0 aliphatic rings. The standard InChI is InChI=1S/C18H22N2O3/c1-14(11-19)20-18(21)13-23-17-10-6-5-9-16(17)22-12-15-7-3-2-4-8-15/h2-10,14H,11-13,19H2,1H3,(H,20,21)/t14-/m0/s1. The van der Waals surface area contributed by atoms with Crippen LogP contribution in [0.4, 0.5) is 0 Å². The molecule has 0 saturated heterocycles. The Morgan fingerprint density at radius 1 is 1.04 bits per heavy atom. The molecule has 1 atom stereocenters. The van der Waals surface area contributed by atoms with Gasteiger partial charge in [0.25, 0.3) is 5.91 Å². The molecular weight excluding hydrogens is 292 g/mol. The predicted molar refractivity (Wildman–Crippen MR) is 89.4 cm³/mol. The summed E-state index contributed by atoms with van der Waals surface area (Å²) in [6, 6.07) is 17.1. The van der Waals surface area contributed by atoms with Crippen LogP contribution in [0.15, 0.2) is 54.6 Å². The number of carbonyl (C=O) groups is 1. The topological polar surface area (TPSA) is 73.6 Å². The summed E-state index contributed by atoms with van der Waals surface area (Å²) in [4.78, 5) is 11.7. The molecule has 0 unspecified atom stereocenters. The monoisotopic (exact) mass is 314 g/mol. The van der Waals surface area contributed by atoms with Crippen LogP contribution in [0.5, 0.6) is 11.5 Å². The Kier molecular flexibility index (Phi) is 6.44. The third-order valence-electron chi connectivity index (χ3n) is 3.21. The van der Waals surface area contributed by atoms with Gasteiger partial charge in [0.1, 0.15) is 6.61 Å². The third-order valence-corrected chi connectivity index (χ3v) is 3.21. The molecule has 0 aromatic heterocycles. The van der Waals surface area contributed by atoms with E-state index >= 15 is 0 Å². The lowest BCUT2D eigenvalue weighted by atomic mass is 10.2. The first kappa shape index (κ1) is 16.8. The van der Waals surface area contributed by atoms with Gasteiger partial charge in [-0.3, -0.25) is 4.79 Å². The van der Waals surface area contributed by atoms with Crippen molar-refractivity contribution in [3.8, 4) is 11.5 Å². The van der Waals surface area contributed by atoms with Crippen molar-refractivity contribution in [1.82, 2.24) is 5.32 Å². The number of hydrogen-bond acceptors (Lipinski definition) is 4. The van der Waals surface area contributed by atoms with Gasteiger partial charge in [0, 0.05) is 12.6 Å². The Morgan fingerprint density at radius 3 is 2.30 bits per heavy atom. The highest BCUT2D eigenvalue weighted by atomic mass is 16.5. The van der Waals surface area contributed by atoms with Gasteiger partial charge in [-0.2, -0.15) is 0 Å². The molecule has 5 nitrogen and oxygen atoms in total. The maximum atomic E-state index is 11.7. The second kappa shape index (κ2) is 8.80. The van der Waals surface area contributed by atoms with Crippen molar-refractivity contribution in [3.63, 3.8) is 0 Å². The van der Waals surface area contributed by atoms with Gasteiger partial charge >= 0.3 is 0 Å². The summed E-state index contributed by atoms with van der Waals surface area (Å²) in [5.41, 5.74) is 6.54. The molecule has 5 heteroatoms. The third kappa shape index (κ3) is 5.64. The van der Waals surface area contributed by atoms with E-state index in [0.717, 1.165) is 5.56 Å². The van der Waals surface area contributed by atoms with Crippen LogP contribution >= 0.6 is 0 Å². The SMILES string of the molecule is C[C@@H](CN)NC(=O)COc1ccccc1OCc1ccccc1. The molecule has 1 amide bonds. The number of nitrogens with two attached hydrogens (primary N) is 1. The number of amides is 1. The van der Waals surface area contributed by atoms with E-state index in [-0.39, 0.29) is 18.6 Å². The number of benzene rings is 2. The molecule has 0 aliphatic carbocycles. The molecule has 0 aliphatic heterocycles. The van der Waals surface area contributed by atoms with E-state index in [1.807, 2.05) is 55.5 Å². The van der Waals surface area contributed by atoms with Crippen molar-refractivity contribution in [3.05, 3.63) is 60.2 Å². The Labute approximate surface area is 136 Å². The van der Waals surface area contributed by atoms with Crippen molar-refractivity contribution in [1.29, 1.82) is 0 Å². The summed E-state index contributed by atoms with van der Waals surface area (Å²) in [5.74, 6) is 0.941. The second-order valence-electron chi connectivity index (χ2n) is 5.21. The number of nitrogens with one attached hydrogen (secondary N) is 1. The molecule has 0 saturated carbocycles. The number of rotatable bonds is 8. The molecule has 0 heterocycles. The normalized spacial score (nSPS) is 11.6. The van der Waals surface area contributed by atoms with Gasteiger partial charge in [0.15, 0.2) is 18.1 Å². The maximum absolute atomic E-state index is 11.7. The number of hydrogen-bond donors (Lipinski definition) is 2. The van der Waals surface area contributed by atoms with Gasteiger partial charge < -0.3 is 20.5 Å². The molecule has 0 fully saturated rings. The van der Waals surface area contributed by atoms with E-state index < -0.39 is 0 Å². The fourth-order valence-corrected chi connectivity index (χ4v) is 1.94. The molecule has 0 spiro atoms. The van der Waals surface area contributed by atoms with E-state index in [1.165, 1.54) is 0 Å². The van der Waals surface area contributed by atoms with E-state index in [2.05, 4.69) is 5.32 Å². The van der Waals surface area contributed by atoms with E-state index in [1.54, 1.807) is 6.07 Å². The van der Waals surface area contributed by atoms with Crippen LogP contribution < -0.4 is 20.5 Å². The van der Waals surface area contributed by atoms with Gasteiger partial charge in [-0.1, -0.05) is 42.5 Å². The number of carbonyl (C=O) groups excluding carboxylic acids is 1. The first-order valence-corrected chi connectivity index (χ1v) is 7.57. The van der Waals surface area contributed by atoms with Crippen molar-refractivity contribution in [2.45, 2.75) is 19.6 Å². The smallest absolute Gasteiger partial charge is 0.258 e. The molecule has 2 aromatic carbocycles. The summed E-state index contributed by atoms with van der Waals surface area (Å²) in [7, 11) is 0. The lowest BCUT2D eigenvalue weighted by Crippen LogP contribution is -2.40. The maximum Gasteiger partial charge on any atom is 0.258 e. The van der Waals surface area contributed by atoms with Crippen LogP contribution in [0.2, 0.25) is 0 Å². The average molecular weight is 314 g/mol. The molecule has 0 radical (unpaired) electrons. The quantitative estimate of drug-likeness (QED) is 0.782. The van der Waals surface area contributed by atoms with Gasteiger partial charge in [0.2, 0.25) is 0 Å². The van der Waals surface area contributed by atoms with Crippen LogP contribution in [-0.2, 0) is 11.4 Å². The highest BCUT2D eigenvalue weighted by Gasteiger charge is 2.09. The Balaban J connectivity index is 1.91. The van der Waals surface area contributed by atoms with E-state index in [0.29, 0.717) is 24.7 Å². The Bertz CT molecular complexity index is 617. The molecule has 23 heavy (non-hydrogen) atoms. The van der Waals surface area contributed by atoms with Crippen LogP contribution in [0.3, 0.4) is 0 Å². The largest absolute Gasteiger partial charge is 0.485 e. The van der Waals surface area contributed by atoms with Gasteiger partial charge in [-0.15, -0.1) is 0 Å². The van der Waals surface area contributed by atoms with Gasteiger partial charge in [-0.05, 0) is 24.6 Å². The van der Waals surface area contributed by atoms with E-state index in [4.69, 9.17) is 15.2 Å². The molecule has 2 aromatic rings. The van der Waals surface area contributed by atoms with Gasteiger partial charge in [-0.25, -0.2) is 0 Å². The summed E-state index contributed by atoms with van der Waals surface area (Å²) >= 11 is 0. The second-order valence-corrected chi connectivity index (χ2v) is 5.21. The Hall–Kier alpha value is -2.53. The Morgan fingerprint density at radius 2 is 1.65 bits per heavy atom. The average Bonchev–Trinajstić information content (AvgIpc) is 2.59. The molecular formula is C18H22N2O3. The van der Waals surface area contributed by atoms with Crippen molar-refractivity contribution >= 4 is 5.91 Å². The van der Waals surface area contributed by atoms with Crippen LogP contribution in [-0.4, -0.2) is 25.1 Å². The summed E-state index contributed by atoms with van der Waals surface area (Å²) < 4.78 is 11.3. The van der Waals surface area contributed by atoms with Crippen LogP contribution in [0.1, 0.15) is 12.5 Å². The number of ether oxygens (including phenoxy) is 2. The van der Waals surface area contributed by atoms with Crippen molar-refractivity contribution < 1.29 is 14.3 Å². The zero-order valence-corrected chi connectivity index (χ0v) is 13.2. The summed E-state index contributed by atoms with van der Waals surface area (Å²) in [5, 5.41) is 2.75. The first-order valence-electron chi connectivity index (χ1n) is 7.57. The minimum atomic E-state index is -0.208. The molecule has 3 N–H and O–H groups in total. The molecule has 122 valence electrons.